The van der Waals surface area contributed by atoms with E-state index in [1.165, 1.54) is 0 Å². The van der Waals surface area contributed by atoms with Crippen molar-refractivity contribution >= 4 is 21.7 Å². The van der Waals surface area contributed by atoms with Crippen LogP contribution in [0.1, 0.15) is 16.8 Å². The highest BCUT2D eigenvalue weighted by atomic mass is 79.9. The van der Waals surface area contributed by atoms with Crippen LogP contribution >= 0.6 is 15.9 Å². The molecule has 0 atom stereocenters. The van der Waals surface area contributed by atoms with Crippen LogP contribution in [0, 0.1) is 0 Å². The second-order valence-corrected chi connectivity index (χ2v) is 4.29. The van der Waals surface area contributed by atoms with E-state index in [9.17, 15) is 4.79 Å². The predicted molar refractivity (Wildman–Crippen MR) is 63.1 cm³/mol. The van der Waals surface area contributed by atoms with Crippen molar-refractivity contribution in [3.63, 3.8) is 0 Å². The number of carbonyl (C=O) groups excluding carboxylic acids is 1. The molecule has 1 aliphatic rings. The van der Waals surface area contributed by atoms with Gasteiger partial charge < -0.3 is 15.2 Å². The van der Waals surface area contributed by atoms with E-state index in [1.807, 2.05) is 0 Å². The number of hydrogen-bond donors (Lipinski definition) is 1. The molecule has 0 fully saturated rings. The monoisotopic (exact) mass is 285 g/mol. The Bertz CT molecular complexity index is 420. The summed E-state index contributed by atoms with van der Waals surface area (Å²) in [5.74, 6) is 0.952. The SMILES string of the molecule is NCC(=O)c1ccc(Br)c2c1OCCCO2. The molecule has 1 aromatic carbocycles. The first-order valence-electron chi connectivity index (χ1n) is 5.05. The van der Waals surface area contributed by atoms with Crippen molar-refractivity contribution in [2.24, 2.45) is 5.73 Å². The molecule has 1 aliphatic heterocycles. The summed E-state index contributed by atoms with van der Waals surface area (Å²) in [6.07, 6.45) is 0.803. The average Bonchev–Trinajstić information content (AvgIpc) is 2.55. The molecule has 2 rings (SSSR count). The van der Waals surface area contributed by atoms with Gasteiger partial charge in [0.05, 0.1) is 29.8 Å². The fourth-order valence-corrected chi connectivity index (χ4v) is 1.98. The number of ketones is 1. The van der Waals surface area contributed by atoms with Crippen LogP contribution in [-0.2, 0) is 0 Å². The molecule has 1 aromatic rings. The molecule has 4 nitrogen and oxygen atoms in total. The van der Waals surface area contributed by atoms with Gasteiger partial charge in [-0.15, -0.1) is 0 Å². The number of nitrogens with two attached hydrogens (primary N) is 1. The van der Waals surface area contributed by atoms with Crippen molar-refractivity contribution in [3.05, 3.63) is 22.2 Å². The Morgan fingerprint density at radius 3 is 2.69 bits per heavy atom. The summed E-state index contributed by atoms with van der Waals surface area (Å²) in [5.41, 5.74) is 5.85. The van der Waals surface area contributed by atoms with Gasteiger partial charge in [-0.25, -0.2) is 0 Å². The lowest BCUT2D eigenvalue weighted by atomic mass is 10.1. The Hall–Kier alpha value is -1.07. The van der Waals surface area contributed by atoms with Crippen molar-refractivity contribution in [2.45, 2.75) is 6.42 Å². The summed E-state index contributed by atoms with van der Waals surface area (Å²) in [6, 6.07) is 3.48. The summed E-state index contributed by atoms with van der Waals surface area (Å²) in [6.45, 7) is 1.11. The van der Waals surface area contributed by atoms with Crippen molar-refractivity contribution in [2.75, 3.05) is 19.8 Å². The van der Waals surface area contributed by atoms with Gasteiger partial charge in [-0.1, -0.05) is 0 Å². The maximum Gasteiger partial charge on any atom is 0.180 e. The topological polar surface area (TPSA) is 61.6 Å². The van der Waals surface area contributed by atoms with Gasteiger partial charge in [-0.3, -0.25) is 4.79 Å². The number of rotatable bonds is 2. The first kappa shape index (κ1) is 11.4. The summed E-state index contributed by atoms with van der Waals surface area (Å²) >= 11 is 3.37. The van der Waals surface area contributed by atoms with Crippen LogP contribution in [0.5, 0.6) is 11.5 Å². The zero-order valence-electron chi connectivity index (χ0n) is 8.66. The molecule has 0 unspecified atom stereocenters. The van der Waals surface area contributed by atoms with E-state index in [4.69, 9.17) is 15.2 Å². The maximum absolute atomic E-state index is 11.6. The molecule has 0 bridgehead atoms. The molecule has 0 amide bonds. The van der Waals surface area contributed by atoms with Crippen LogP contribution in [0.25, 0.3) is 0 Å². The first-order chi connectivity index (χ1) is 7.74. The molecule has 0 saturated carbocycles. The van der Waals surface area contributed by atoms with Gasteiger partial charge in [-0.05, 0) is 28.1 Å². The second-order valence-electron chi connectivity index (χ2n) is 3.43. The first-order valence-corrected chi connectivity index (χ1v) is 5.84. The van der Waals surface area contributed by atoms with E-state index in [0.29, 0.717) is 30.3 Å². The molecular formula is C11H12BrNO3. The number of hydrogen-bond acceptors (Lipinski definition) is 4. The average molecular weight is 286 g/mol. The number of fused-ring (bicyclic) bond motifs is 1. The third-order valence-electron chi connectivity index (χ3n) is 2.33. The van der Waals surface area contributed by atoms with Crippen LogP contribution < -0.4 is 15.2 Å². The Balaban J connectivity index is 2.51. The highest BCUT2D eigenvalue weighted by Gasteiger charge is 2.21. The Labute approximate surface area is 102 Å². The molecule has 2 N–H and O–H groups in total. The number of benzene rings is 1. The molecule has 1 heterocycles. The third kappa shape index (κ3) is 2.05. The Morgan fingerprint density at radius 1 is 1.31 bits per heavy atom. The van der Waals surface area contributed by atoms with Crippen LogP contribution in [0.15, 0.2) is 16.6 Å². The summed E-state index contributed by atoms with van der Waals surface area (Å²) in [7, 11) is 0. The van der Waals surface area contributed by atoms with Gasteiger partial charge in [-0.2, -0.15) is 0 Å². The number of ether oxygens (including phenoxy) is 2. The molecule has 0 radical (unpaired) electrons. The zero-order chi connectivity index (χ0) is 11.5. The van der Waals surface area contributed by atoms with E-state index in [0.717, 1.165) is 10.9 Å². The fourth-order valence-electron chi connectivity index (χ4n) is 1.55. The minimum absolute atomic E-state index is 0.0303. The quantitative estimate of drug-likeness (QED) is 0.841. The maximum atomic E-state index is 11.6. The van der Waals surface area contributed by atoms with Crippen molar-refractivity contribution in [3.8, 4) is 11.5 Å². The summed E-state index contributed by atoms with van der Waals surface area (Å²) in [4.78, 5) is 11.6. The lowest BCUT2D eigenvalue weighted by molar-refractivity contribution is 0.0997. The van der Waals surface area contributed by atoms with Crippen LogP contribution in [0.3, 0.4) is 0 Å². The van der Waals surface area contributed by atoms with Crippen molar-refractivity contribution in [1.29, 1.82) is 0 Å². The third-order valence-corrected chi connectivity index (χ3v) is 2.96. The highest BCUT2D eigenvalue weighted by Crippen LogP contribution is 2.39. The van der Waals surface area contributed by atoms with Crippen molar-refractivity contribution in [1.82, 2.24) is 0 Å². The van der Waals surface area contributed by atoms with Gasteiger partial charge in [0.15, 0.2) is 17.3 Å². The molecule has 5 heteroatoms. The number of Topliss-reactive ketones (excluding diaryl/α,β-unsaturated/α-hetero) is 1. The zero-order valence-corrected chi connectivity index (χ0v) is 10.2. The van der Waals surface area contributed by atoms with Gasteiger partial charge in [0, 0.05) is 6.42 Å². The van der Waals surface area contributed by atoms with Crippen LogP contribution in [0.4, 0.5) is 0 Å². The summed E-state index contributed by atoms with van der Waals surface area (Å²) < 4.78 is 11.9. The molecule has 0 saturated heterocycles. The smallest absolute Gasteiger partial charge is 0.180 e. The van der Waals surface area contributed by atoms with Crippen molar-refractivity contribution < 1.29 is 14.3 Å². The van der Waals surface area contributed by atoms with Gasteiger partial charge in [0.2, 0.25) is 0 Å². The van der Waals surface area contributed by atoms with E-state index < -0.39 is 0 Å². The van der Waals surface area contributed by atoms with E-state index in [2.05, 4.69) is 15.9 Å². The number of halogens is 1. The standard InChI is InChI=1S/C11H12BrNO3/c12-8-3-2-7(9(14)6-13)10-11(8)16-5-1-4-15-10/h2-3H,1,4-6,13H2. The summed E-state index contributed by atoms with van der Waals surface area (Å²) in [5, 5.41) is 0. The Morgan fingerprint density at radius 2 is 2.00 bits per heavy atom. The minimum atomic E-state index is -0.144. The largest absolute Gasteiger partial charge is 0.489 e. The van der Waals surface area contributed by atoms with E-state index >= 15 is 0 Å². The van der Waals surface area contributed by atoms with Crippen LogP contribution in [-0.4, -0.2) is 25.5 Å². The molecular weight excluding hydrogens is 274 g/mol. The second kappa shape index (κ2) is 4.84. The van der Waals surface area contributed by atoms with Gasteiger partial charge >= 0.3 is 0 Å². The lowest BCUT2D eigenvalue weighted by Gasteiger charge is -2.12. The molecule has 0 aliphatic carbocycles. The molecule has 0 spiro atoms. The molecule has 86 valence electrons. The van der Waals surface area contributed by atoms with Crippen LogP contribution in [0.2, 0.25) is 0 Å². The normalized spacial score (nSPS) is 14.4. The van der Waals surface area contributed by atoms with Gasteiger partial charge in [0.1, 0.15) is 0 Å². The number of carbonyl (C=O) groups is 1. The fraction of sp³-hybridized carbons (Fsp3) is 0.364. The minimum Gasteiger partial charge on any atom is -0.489 e. The lowest BCUT2D eigenvalue weighted by Crippen LogP contribution is -2.15. The molecule has 16 heavy (non-hydrogen) atoms. The predicted octanol–water partition coefficient (Wildman–Crippen LogP) is 1.75. The van der Waals surface area contributed by atoms with E-state index in [1.54, 1.807) is 12.1 Å². The highest BCUT2D eigenvalue weighted by molar-refractivity contribution is 9.10. The molecule has 0 aromatic heterocycles. The Kier molecular flexibility index (Phi) is 3.46. The van der Waals surface area contributed by atoms with Gasteiger partial charge in [0.25, 0.3) is 0 Å². The van der Waals surface area contributed by atoms with E-state index in [-0.39, 0.29) is 12.3 Å².